The number of rotatable bonds is 6. The zero-order valence-corrected chi connectivity index (χ0v) is 13.2. The first-order valence-corrected chi connectivity index (χ1v) is 7.93. The fourth-order valence-electron chi connectivity index (χ4n) is 3.01. The van der Waals surface area contributed by atoms with Crippen molar-refractivity contribution >= 4 is 11.9 Å². The van der Waals surface area contributed by atoms with Crippen molar-refractivity contribution in [1.29, 1.82) is 0 Å². The van der Waals surface area contributed by atoms with Gasteiger partial charge in [0, 0.05) is 19.8 Å². The molecule has 23 heavy (non-hydrogen) atoms. The molecule has 0 bridgehead atoms. The molecule has 0 saturated heterocycles. The van der Waals surface area contributed by atoms with Crippen molar-refractivity contribution in [3.63, 3.8) is 0 Å². The molecule has 2 aliphatic heterocycles. The number of hydrogen-bond acceptors (Lipinski definition) is 3. The van der Waals surface area contributed by atoms with Crippen molar-refractivity contribution in [3.8, 4) is 0 Å². The lowest BCUT2D eigenvalue weighted by Gasteiger charge is -2.25. The van der Waals surface area contributed by atoms with E-state index in [1.807, 2.05) is 37.3 Å². The number of nitrogens with zero attached hydrogens (tertiary/aromatic N) is 1. The molecular formula is C17H21N3O3. The van der Waals surface area contributed by atoms with E-state index in [1.165, 1.54) is 0 Å². The van der Waals surface area contributed by atoms with Crippen molar-refractivity contribution < 1.29 is 14.3 Å². The quantitative estimate of drug-likeness (QED) is 0.783. The molecule has 1 aromatic rings. The lowest BCUT2D eigenvalue weighted by Crippen LogP contribution is -2.44. The molecule has 3 amide bonds. The van der Waals surface area contributed by atoms with Crippen LogP contribution in [0.25, 0.3) is 0 Å². The first-order chi connectivity index (χ1) is 11.2. The number of ether oxygens (including phenoxy) is 1. The number of nitrogens with one attached hydrogen (secondary N) is 2. The highest BCUT2D eigenvalue weighted by Crippen LogP contribution is 2.32. The molecule has 2 N–H and O–H groups in total. The number of carbonyl (C=O) groups excluding carboxylic acids is 2. The monoisotopic (exact) mass is 315 g/mol. The van der Waals surface area contributed by atoms with E-state index in [4.69, 9.17) is 4.74 Å². The van der Waals surface area contributed by atoms with Gasteiger partial charge in [-0.3, -0.25) is 4.79 Å². The topological polar surface area (TPSA) is 70.7 Å². The average molecular weight is 315 g/mol. The Morgan fingerprint density at radius 1 is 1.26 bits per heavy atom. The van der Waals surface area contributed by atoms with Crippen molar-refractivity contribution in [2.24, 2.45) is 0 Å². The van der Waals surface area contributed by atoms with E-state index in [-0.39, 0.29) is 18.0 Å². The van der Waals surface area contributed by atoms with Gasteiger partial charge in [-0.1, -0.05) is 30.3 Å². The summed E-state index contributed by atoms with van der Waals surface area (Å²) in [6, 6.07) is 8.92. The lowest BCUT2D eigenvalue weighted by atomic mass is 9.96. The highest BCUT2D eigenvalue weighted by Gasteiger charge is 2.39. The van der Waals surface area contributed by atoms with Crippen LogP contribution in [0.15, 0.2) is 41.6 Å². The molecule has 0 spiro atoms. The summed E-state index contributed by atoms with van der Waals surface area (Å²) in [5.74, 6) is -0.0159. The van der Waals surface area contributed by atoms with Gasteiger partial charge in [0.15, 0.2) is 0 Å². The summed E-state index contributed by atoms with van der Waals surface area (Å²) in [4.78, 5) is 26.4. The van der Waals surface area contributed by atoms with Gasteiger partial charge in [-0.2, -0.15) is 0 Å². The summed E-state index contributed by atoms with van der Waals surface area (Å²) in [5.41, 5.74) is 2.27. The van der Waals surface area contributed by atoms with Gasteiger partial charge in [-0.05, 0) is 18.9 Å². The smallest absolute Gasteiger partial charge is 0.319 e. The van der Waals surface area contributed by atoms with Crippen LogP contribution in [-0.2, 0) is 9.53 Å². The Morgan fingerprint density at radius 3 is 2.78 bits per heavy atom. The molecule has 2 aliphatic rings. The molecule has 6 nitrogen and oxygen atoms in total. The van der Waals surface area contributed by atoms with Crippen LogP contribution in [0.1, 0.15) is 24.9 Å². The molecule has 0 aliphatic carbocycles. The Kier molecular flexibility index (Phi) is 4.62. The van der Waals surface area contributed by atoms with Gasteiger partial charge in [-0.15, -0.1) is 0 Å². The standard InChI is InChI=1S/C17H21N3O3/c1-2-23-10-6-9-20-11-13-14(16(20)21)15(19-17(22)18-13)12-7-4-3-5-8-12/h3-5,7-8,15H,2,6,9-11H2,1H3,(H2,18,19,22)/t15-/m0/s1. The normalized spacial score (nSPS) is 20.4. The minimum atomic E-state index is -0.385. The summed E-state index contributed by atoms with van der Waals surface area (Å²) in [5, 5.41) is 5.63. The maximum atomic E-state index is 12.7. The molecule has 3 rings (SSSR count). The summed E-state index contributed by atoms with van der Waals surface area (Å²) < 4.78 is 5.32. The molecule has 122 valence electrons. The van der Waals surface area contributed by atoms with Crippen molar-refractivity contribution in [3.05, 3.63) is 47.2 Å². The molecule has 1 atom stereocenters. The summed E-state index contributed by atoms with van der Waals surface area (Å²) in [6.45, 7) is 4.35. The zero-order chi connectivity index (χ0) is 16.2. The van der Waals surface area contributed by atoms with Gasteiger partial charge in [-0.25, -0.2) is 4.79 Å². The van der Waals surface area contributed by atoms with E-state index in [9.17, 15) is 9.59 Å². The second-order valence-corrected chi connectivity index (χ2v) is 5.61. The van der Waals surface area contributed by atoms with Gasteiger partial charge in [0.25, 0.3) is 5.91 Å². The van der Waals surface area contributed by atoms with Crippen molar-refractivity contribution in [2.75, 3.05) is 26.3 Å². The Balaban J connectivity index is 1.76. The van der Waals surface area contributed by atoms with Crippen LogP contribution >= 0.6 is 0 Å². The second-order valence-electron chi connectivity index (χ2n) is 5.61. The summed E-state index contributed by atoms with van der Waals surface area (Å²) in [7, 11) is 0. The fourth-order valence-corrected chi connectivity index (χ4v) is 3.01. The Labute approximate surface area is 135 Å². The van der Waals surface area contributed by atoms with E-state index < -0.39 is 0 Å². The number of benzene rings is 1. The fraction of sp³-hybridized carbons (Fsp3) is 0.412. The predicted octanol–water partition coefficient (Wildman–Crippen LogP) is 1.56. The van der Waals surface area contributed by atoms with E-state index in [2.05, 4.69) is 10.6 Å². The molecule has 6 heteroatoms. The van der Waals surface area contributed by atoms with E-state index in [1.54, 1.807) is 4.90 Å². The van der Waals surface area contributed by atoms with E-state index in [0.717, 1.165) is 12.0 Å². The maximum absolute atomic E-state index is 12.7. The molecule has 0 aromatic heterocycles. The third kappa shape index (κ3) is 3.22. The highest BCUT2D eigenvalue weighted by atomic mass is 16.5. The van der Waals surface area contributed by atoms with Crippen LogP contribution in [-0.4, -0.2) is 43.1 Å². The van der Waals surface area contributed by atoms with Crippen LogP contribution in [0, 0.1) is 0 Å². The highest BCUT2D eigenvalue weighted by molar-refractivity contribution is 6.01. The van der Waals surface area contributed by atoms with Crippen molar-refractivity contribution in [2.45, 2.75) is 19.4 Å². The lowest BCUT2D eigenvalue weighted by molar-refractivity contribution is -0.126. The maximum Gasteiger partial charge on any atom is 0.319 e. The van der Waals surface area contributed by atoms with Crippen LogP contribution in [0.5, 0.6) is 0 Å². The third-order valence-electron chi connectivity index (χ3n) is 4.07. The SMILES string of the molecule is CCOCCCN1CC2=C(C1=O)[C@H](c1ccccc1)NC(=O)N2. The Bertz CT molecular complexity index is 627. The second kappa shape index (κ2) is 6.83. The molecular weight excluding hydrogens is 294 g/mol. The van der Waals surface area contributed by atoms with Gasteiger partial charge in [0.1, 0.15) is 0 Å². The average Bonchev–Trinajstić information content (AvgIpc) is 2.87. The van der Waals surface area contributed by atoms with Gasteiger partial charge < -0.3 is 20.3 Å². The first kappa shape index (κ1) is 15.6. The Morgan fingerprint density at radius 2 is 2.04 bits per heavy atom. The number of amides is 3. The van der Waals surface area contributed by atoms with Crippen molar-refractivity contribution in [1.82, 2.24) is 15.5 Å². The van der Waals surface area contributed by atoms with Crippen LogP contribution in [0.3, 0.4) is 0 Å². The molecule has 1 aromatic carbocycles. The van der Waals surface area contributed by atoms with Gasteiger partial charge in [0.2, 0.25) is 0 Å². The number of hydrogen-bond donors (Lipinski definition) is 2. The Hall–Kier alpha value is -2.34. The zero-order valence-electron chi connectivity index (χ0n) is 13.2. The predicted molar refractivity (Wildman–Crippen MR) is 85.6 cm³/mol. The number of urea groups is 1. The molecule has 0 fully saturated rings. The van der Waals surface area contributed by atoms with Gasteiger partial charge >= 0.3 is 6.03 Å². The first-order valence-electron chi connectivity index (χ1n) is 7.93. The van der Waals surface area contributed by atoms with E-state index in [0.29, 0.717) is 37.6 Å². The van der Waals surface area contributed by atoms with Crippen LogP contribution in [0.2, 0.25) is 0 Å². The summed E-state index contributed by atoms with van der Waals surface area (Å²) >= 11 is 0. The minimum Gasteiger partial charge on any atom is -0.382 e. The van der Waals surface area contributed by atoms with Crippen LogP contribution < -0.4 is 10.6 Å². The van der Waals surface area contributed by atoms with Gasteiger partial charge in [0.05, 0.1) is 23.9 Å². The largest absolute Gasteiger partial charge is 0.382 e. The third-order valence-corrected chi connectivity index (χ3v) is 4.07. The van der Waals surface area contributed by atoms with E-state index >= 15 is 0 Å². The minimum absolute atomic E-state index is 0.0159. The van der Waals surface area contributed by atoms with Crippen LogP contribution in [0.4, 0.5) is 4.79 Å². The molecule has 0 saturated carbocycles. The molecule has 0 radical (unpaired) electrons. The number of carbonyl (C=O) groups is 2. The molecule has 2 heterocycles. The summed E-state index contributed by atoms with van der Waals surface area (Å²) in [6.07, 6.45) is 0.789. The molecule has 0 unspecified atom stereocenters.